The van der Waals surface area contributed by atoms with E-state index in [0.717, 1.165) is 0 Å². The normalized spacial score (nSPS) is 11.6. The summed E-state index contributed by atoms with van der Waals surface area (Å²) in [5.41, 5.74) is 0.998. The van der Waals surface area contributed by atoms with Crippen LogP contribution in [0.3, 0.4) is 0 Å². The fourth-order valence-electron chi connectivity index (χ4n) is 1.88. The molecule has 0 radical (unpaired) electrons. The molecule has 2 aromatic rings. The molecule has 1 atom stereocenters. The first-order valence-electron chi connectivity index (χ1n) is 6.85. The van der Waals surface area contributed by atoms with Gasteiger partial charge in [0.05, 0.1) is 15.6 Å². The molecule has 0 bridgehead atoms. The lowest BCUT2D eigenvalue weighted by molar-refractivity contribution is -0.384. The predicted octanol–water partition coefficient (Wildman–Crippen LogP) is 3.96. The van der Waals surface area contributed by atoms with Crippen molar-refractivity contribution >= 4 is 28.9 Å². The maximum Gasteiger partial charge on any atom is 0.271 e. The van der Waals surface area contributed by atoms with Gasteiger partial charge in [0.2, 0.25) is 0 Å². The summed E-state index contributed by atoms with van der Waals surface area (Å²) >= 11 is 5.98. The Hall–Kier alpha value is -2.60. The number of ether oxygens (including phenoxy) is 1. The van der Waals surface area contributed by atoms with E-state index in [1.807, 2.05) is 0 Å². The van der Waals surface area contributed by atoms with Gasteiger partial charge in [0, 0.05) is 12.1 Å². The number of benzene rings is 2. The lowest BCUT2D eigenvalue weighted by Crippen LogP contribution is -2.30. The third-order valence-corrected chi connectivity index (χ3v) is 3.51. The average molecular weight is 335 g/mol. The van der Waals surface area contributed by atoms with Crippen molar-refractivity contribution in [2.45, 2.75) is 20.0 Å². The first-order chi connectivity index (χ1) is 10.9. The van der Waals surface area contributed by atoms with Crippen molar-refractivity contribution in [1.82, 2.24) is 0 Å². The van der Waals surface area contributed by atoms with Crippen LogP contribution in [0.1, 0.15) is 12.5 Å². The van der Waals surface area contributed by atoms with Crippen LogP contribution >= 0.6 is 11.6 Å². The highest BCUT2D eigenvalue weighted by Crippen LogP contribution is 2.25. The van der Waals surface area contributed by atoms with Gasteiger partial charge in [-0.15, -0.1) is 0 Å². The highest BCUT2D eigenvalue weighted by atomic mass is 35.5. The largest absolute Gasteiger partial charge is 0.479 e. The molecule has 0 aromatic heterocycles. The van der Waals surface area contributed by atoms with Crippen LogP contribution in [0.4, 0.5) is 11.4 Å². The van der Waals surface area contributed by atoms with E-state index in [4.69, 9.17) is 16.3 Å². The van der Waals surface area contributed by atoms with Crippen molar-refractivity contribution in [2.75, 3.05) is 5.32 Å². The topological polar surface area (TPSA) is 81.5 Å². The molecule has 0 spiro atoms. The maximum atomic E-state index is 12.2. The van der Waals surface area contributed by atoms with Crippen LogP contribution in [0.15, 0.2) is 42.5 Å². The zero-order valence-electron chi connectivity index (χ0n) is 12.6. The molecule has 0 aliphatic rings. The number of rotatable bonds is 5. The van der Waals surface area contributed by atoms with Crippen LogP contribution in [0.2, 0.25) is 5.02 Å². The second kappa shape index (κ2) is 7.11. The summed E-state index contributed by atoms with van der Waals surface area (Å²) in [5, 5.41) is 13.9. The molecule has 1 N–H and O–H groups in total. The van der Waals surface area contributed by atoms with E-state index in [1.54, 1.807) is 44.2 Å². The Morgan fingerprint density at radius 1 is 1.30 bits per heavy atom. The highest BCUT2D eigenvalue weighted by molar-refractivity contribution is 6.32. The number of nitrogens with one attached hydrogen (secondary N) is 1. The van der Waals surface area contributed by atoms with Crippen molar-refractivity contribution < 1.29 is 14.5 Å². The molecule has 0 saturated heterocycles. The first kappa shape index (κ1) is 16.8. The summed E-state index contributed by atoms with van der Waals surface area (Å²) in [6, 6.07) is 11.1. The Morgan fingerprint density at radius 2 is 2.00 bits per heavy atom. The van der Waals surface area contributed by atoms with Crippen molar-refractivity contribution in [3.05, 3.63) is 63.2 Å². The summed E-state index contributed by atoms with van der Waals surface area (Å²) in [4.78, 5) is 22.5. The van der Waals surface area contributed by atoms with Gasteiger partial charge in [0.15, 0.2) is 6.10 Å². The molecule has 1 amide bonds. The standard InChI is InChI=1S/C16H15ClN2O4/c1-10-7-8-12(19(21)22)9-14(10)18-16(20)11(2)23-15-6-4-3-5-13(15)17/h3-9,11H,1-2H3,(H,18,20). The number of halogens is 1. The smallest absolute Gasteiger partial charge is 0.271 e. The molecule has 2 aromatic carbocycles. The van der Waals surface area contributed by atoms with Gasteiger partial charge in [-0.1, -0.05) is 29.8 Å². The number of carbonyl (C=O) groups excluding carboxylic acids is 1. The Labute approximate surface area is 138 Å². The van der Waals surface area contributed by atoms with Crippen molar-refractivity contribution in [1.29, 1.82) is 0 Å². The molecule has 0 aliphatic carbocycles. The Kier molecular flexibility index (Phi) is 5.18. The average Bonchev–Trinajstić information content (AvgIpc) is 2.51. The number of hydrogen-bond donors (Lipinski definition) is 1. The lowest BCUT2D eigenvalue weighted by Gasteiger charge is -2.16. The minimum absolute atomic E-state index is 0.0921. The van der Waals surface area contributed by atoms with E-state index in [2.05, 4.69) is 5.32 Å². The molecular weight excluding hydrogens is 320 g/mol. The fourth-order valence-corrected chi connectivity index (χ4v) is 2.06. The predicted molar refractivity (Wildman–Crippen MR) is 88.0 cm³/mol. The highest BCUT2D eigenvalue weighted by Gasteiger charge is 2.18. The van der Waals surface area contributed by atoms with E-state index in [1.165, 1.54) is 12.1 Å². The van der Waals surface area contributed by atoms with E-state index in [-0.39, 0.29) is 5.69 Å². The van der Waals surface area contributed by atoms with Crippen LogP contribution < -0.4 is 10.1 Å². The molecule has 2 rings (SSSR count). The summed E-state index contributed by atoms with van der Waals surface area (Å²) in [7, 11) is 0. The molecule has 7 heteroatoms. The number of nitrogens with zero attached hydrogens (tertiary/aromatic N) is 1. The van der Waals surface area contributed by atoms with E-state index in [9.17, 15) is 14.9 Å². The van der Waals surface area contributed by atoms with Gasteiger partial charge >= 0.3 is 0 Å². The third-order valence-electron chi connectivity index (χ3n) is 3.20. The fraction of sp³-hybridized carbons (Fsp3) is 0.188. The third kappa shape index (κ3) is 4.20. The van der Waals surface area contributed by atoms with Crippen molar-refractivity contribution in [2.24, 2.45) is 0 Å². The minimum Gasteiger partial charge on any atom is -0.479 e. The second-order valence-electron chi connectivity index (χ2n) is 4.94. The number of nitro groups is 1. The summed E-state index contributed by atoms with van der Waals surface area (Å²) in [6.07, 6.45) is -0.812. The van der Waals surface area contributed by atoms with Crippen LogP contribution in [-0.4, -0.2) is 16.9 Å². The van der Waals surface area contributed by atoms with Gasteiger partial charge in [0.25, 0.3) is 11.6 Å². The van der Waals surface area contributed by atoms with Crippen molar-refractivity contribution in [3.63, 3.8) is 0 Å². The van der Waals surface area contributed by atoms with Crippen LogP contribution in [0, 0.1) is 17.0 Å². The summed E-state index contributed by atoms with van der Waals surface area (Å²) < 4.78 is 5.52. The maximum absolute atomic E-state index is 12.2. The molecule has 6 nitrogen and oxygen atoms in total. The molecule has 0 fully saturated rings. The minimum atomic E-state index is -0.812. The molecular formula is C16H15ClN2O4. The number of non-ortho nitro benzene ring substituents is 1. The molecule has 1 unspecified atom stereocenters. The molecule has 0 heterocycles. The summed E-state index contributed by atoms with van der Waals surface area (Å²) in [5.74, 6) is -0.0268. The first-order valence-corrected chi connectivity index (χ1v) is 7.23. The second-order valence-corrected chi connectivity index (χ2v) is 5.34. The van der Waals surface area contributed by atoms with E-state index in [0.29, 0.717) is 22.0 Å². The van der Waals surface area contributed by atoms with Crippen LogP contribution in [0.25, 0.3) is 0 Å². The van der Waals surface area contributed by atoms with Crippen molar-refractivity contribution in [3.8, 4) is 5.75 Å². The SMILES string of the molecule is Cc1ccc([N+](=O)[O-])cc1NC(=O)C(C)Oc1ccccc1Cl. The van der Waals surface area contributed by atoms with Gasteiger partial charge < -0.3 is 10.1 Å². The van der Waals surface area contributed by atoms with E-state index < -0.39 is 16.9 Å². The zero-order chi connectivity index (χ0) is 17.0. The molecule has 23 heavy (non-hydrogen) atoms. The van der Waals surface area contributed by atoms with Gasteiger partial charge in [-0.05, 0) is 31.5 Å². The Balaban J connectivity index is 2.11. The molecule has 120 valence electrons. The van der Waals surface area contributed by atoms with Crippen LogP contribution in [-0.2, 0) is 4.79 Å². The number of hydrogen-bond acceptors (Lipinski definition) is 4. The van der Waals surface area contributed by atoms with Gasteiger partial charge in [-0.25, -0.2) is 0 Å². The zero-order valence-corrected chi connectivity index (χ0v) is 13.3. The molecule has 0 saturated carbocycles. The number of aryl methyl sites for hydroxylation is 1. The van der Waals surface area contributed by atoms with Gasteiger partial charge in [-0.3, -0.25) is 14.9 Å². The number of anilines is 1. The van der Waals surface area contributed by atoms with Gasteiger partial charge in [0.1, 0.15) is 5.75 Å². The Bertz CT molecular complexity index is 749. The Morgan fingerprint density at radius 3 is 2.65 bits per heavy atom. The molecule has 0 aliphatic heterocycles. The monoisotopic (exact) mass is 334 g/mol. The lowest BCUT2D eigenvalue weighted by atomic mass is 10.1. The number of carbonyl (C=O) groups is 1. The number of nitro benzene ring substituents is 1. The summed E-state index contributed by atoms with van der Waals surface area (Å²) in [6.45, 7) is 3.32. The van der Waals surface area contributed by atoms with Crippen LogP contribution in [0.5, 0.6) is 5.75 Å². The van der Waals surface area contributed by atoms with E-state index >= 15 is 0 Å². The quantitative estimate of drug-likeness (QED) is 0.662. The number of amides is 1. The van der Waals surface area contributed by atoms with Gasteiger partial charge in [-0.2, -0.15) is 0 Å². The number of para-hydroxylation sites is 1.